The number of halogens is 1. The summed E-state index contributed by atoms with van der Waals surface area (Å²) in [6.07, 6.45) is 7.59. The monoisotopic (exact) mass is 474 g/mol. The van der Waals surface area contributed by atoms with Gasteiger partial charge in [-0.25, -0.2) is 9.82 Å². The molecule has 1 aromatic rings. The number of carbonyl (C=O) groups excluding carboxylic acids is 1. The van der Waals surface area contributed by atoms with Crippen LogP contribution in [0.4, 0.5) is 4.39 Å². The fourth-order valence-electron chi connectivity index (χ4n) is 5.98. The predicted molar refractivity (Wildman–Crippen MR) is 118 cm³/mol. The van der Waals surface area contributed by atoms with Gasteiger partial charge in [-0.1, -0.05) is 31.0 Å². The molecule has 5 aliphatic rings. The van der Waals surface area contributed by atoms with E-state index in [1.165, 1.54) is 12.3 Å². The van der Waals surface area contributed by atoms with Crippen LogP contribution in [0.5, 0.6) is 0 Å². The van der Waals surface area contributed by atoms with Crippen LogP contribution in [-0.2, 0) is 28.5 Å². The first-order valence-corrected chi connectivity index (χ1v) is 12.5. The molecule has 8 nitrogen and oxygen atoms in total. The van der Waals surface area contributed by atoms with Gasteiger partial charge in [-0.15, -0.1) is 0 Å². The molecule has 0 unspecified atom stereocenters. The third-order valence-corrected chi connectivity index (χ3v) is 7.65. The van der Waals surface area contributed by atoms with Gasteiger partial charge in [0, 0.05) is 31.2 Å². The number of nitrogens with one attached hydrogen (secondary N) is 1. The summed E-state index contributed by atoms with van der Waals surface area (Å²) < 4.78 is 45.8. The van der Waals surface area contributed by atoms with Crippen molar-refractivity contribution < 1.29 is 32.9 Å². The Labute approximate surface area is 198 Å². The number of ether oxygens (including phenoxy) is 5. The van der Waals surface area contributed by atoms with Crippen molar-refractivity contribution in [3.05, 3.63) is 35.6 Å². The van der Waals surface area contributed by atoms with Crippen molar-refractivity contribution in [2.24, 2.45) is 5.10 Å². The molecule has 1 amide bonds. The summed E-state index contributed by atoms with van der Waals surface area (Å²) in [6, 6.07) is 6.22. The van der Waals surface area contributed by atoms with Crippen molar-refractivity contribution in [3.63, 3.8) is 0 Å². The zero-order valence-corrected chi connectivity index (χ0v) is 19.1. The van der Waals surface area contributed by atoms with Crippen LogP contribution in [0.1, 0.15) is 69.8 Å². The van der Waals surface area contributed by atoms with Crippen LogP contribution >= 0.6 is 0 Å². The van der Waals surface area contributed by atoms with E-state index in [1.807, 2.05) is 0 Å². The summed E-state index contributed by atoms with van der Waals surface area (Å²) >= 11 is 0. The zero-order valence-electron chi connectivity index (χ0n) is 19.1. The number of rotatable bonds is 3. The number of nitrogens with zero attached hydrogens (tertiary/aromatic N) is 1. The van der Waals surface area contributed by atoms with Gasteiger partial charge < -0.3 is 23.7 Å². The van der Waals surface area contributed by atoms with E-state index in [0.717, 1.165) is 64.2 Å². The van der Waals surface area contributed by atoms with Gasteiger partial charge in [0.15, 0.2) is 24.0 Å². The van der Waals surface area contributed by atoms with Gasteiger partial charge in [-0.2, -0.15) is 5.10 Å². The summed E-state index contributed by atoms with van der Waals surface area (Å²) in [5.74, 6) is -2.30. The summed E-state index contributed by atoms with van der Waals surface area (Å²) in [4.78, 5) is 13.2. The Hall–Kier alpha value is -1.91. The van der Waals surface area contributed by atoms with Gasteiger partial charge in [0.2, 0.25) is 0 Å². The minimum absolute atomic E-state index is 0.277. The van der Waals surface area contributed by atoms with Crippen LogP contribution in [-0.4, -0.2) is 54.4 Å². The van der Waals surface area contributed by atoms with E-state index in [0.29, 0.717) is 0 Å². The fourth-order valence-corrected chi connectivity index (χ4v) is 5.98. The molecule has 3 saturated heterocycles. The average molecular weight is 475 g/mol. The van der Waals surface area contributed by atoms with E-state index in [-0.39, 0.29) is 5.56 Å². The number of hydrazone groups is 1. The van der Waals surface area contributed by atoms with E-state index >= 15 is 0 Å². The van der Waals surface area contributed by atoms with Crippen LogP contribution in [0.2, 0.25) is 0 Å². The van der Waals surface area contributed by atoms with E-state index in [2.05, 4.69) is 10.5 Å². The van der Waals surface area contributed by atoms with E-state index in [4.69, 9.17) is 23.7 Å². The molecule has 2 spiro atoms. The second kappa shape index (κ2) is 8.95. The average Bonchev–Trinajstić information content (AvgIpc) is 3.38. The highest BCUT2D eigenvalue weighted by Gasteiger charge is 2.65. The van der Waals surface area contributed by atoms with Gasteiger partial charge in [0.1, 0.15) is 24.1 Å². The topological polar surface area (TPSA) is 87.6 Å². The molecule has 184 valence electrons. The van der Waals surface area contributed by atoms with Crippen molar-refractivity contribution in [3.8, 4) is 0 Å². The smallest absolute Gasteiger partial charge is 0.272 e. The summed E-state index contributed by atoms with van der Waals surface area (Å²) in [5, 5.41) is 3.95. The molecular weight excluding hydrogens is 443 g/mol. The highest BCUT2D eigenvalue weighted by Crippen LogP contribution is 2.50. The Morgan fingerprint density at radius 1 is 0.882 bits per heavy atom. The highest BCUT2D eigenvalue weighted by atomic mass is 19.1. The lowest BCUT2D eigenvalue weighted by atomic mass is 9.94. The molecule has 0 bridgehead atoms. The molecule has 9 heteroatoms. The van der Waals surface area contributed by atoms with Crippen LogP contribution in [0, 0.1) is 5.82 Å². The Morgan fingerprint density at radius 2 is 1.50 bits per heavy atom. The van der Waals surface area contributed by atoms with Crippen LogP contribution in [0.3, 0.4) is 0 Å². The molecule has 5 fully saturated rings. The van der Waals surface area contributed by atoms with Gasteiger partial charge in [-0.05, 0) is 31.7 Å². The number of fused-ring (bicyclic) bond motifs is 3. The Kier molecular flexibility index (Phi) is 5.93. The van der Waals surface area contributed by atoms with E-state index in [9.17, 15) is 9.18 Å². The molecule has 6 rings (SSSR count). The first-order chi connectivity index (χ1) is 16.6. The number of hydrogen-bond acceptors (Lipinski definition) is 7. The first kappa shape index (κ1) is 22.5. The molecule has 3 heterocycles. The molecule has 34 heavy (non-hydrogen) atoms. The molecule has 5 atom stereocenters. The molecule has 0 aromatic heterocycles. The third-order valence-electron chi connectivity index (χ3n) is 7.65. The van der Waals surface area contributed by atoms with Gasteiger partial charge in [0.05, 0.1) is 6.21 Å². The molecule has 1 N–H and O–H groups in total. The zero-order chi connectivity index (χ0) is 23.2. The molecule has 0 radical (unpaired) electrons. The molecule has 2 aliphatic carbocycles. The molecule has 1 aromatic carbocycles. The minimum atomic E-state index is -0.979. The van der Waals surface area contributed by atoms with Gasteiger partial charge in [0.25, 0.3) is 5.91 Å². The summed E-state index contributed by atoms with van der Waals surface area (Å²) in [5.41, 5.74) is 2.77. The van der Waals surface area contributed by atoms with Crippen molar-refractivity contribution >= 4 is 12.1 Å². The predicted octanol–water partition coefficient (Wildman–Crippen LogP) is 3.52. The Balaban J connectivity index is 1.22. The largest absolute Gasteiger partial charge is 0.341 e. The number of carbonyl (C=O) groups is 1. The third kappa shape index (κ3) is 4.07. The second-order valence-corrected chi connectivity index (χ2v) is 9.99. The van der Waals surface area contributed by atoms with Crippen molar-refractivity contribution in [1.82, 2.24) is 5.43 Å². The first-order valence-electron chi connectivity index (χ1n) is 12.5. The normalized spacial score (nSPS) is 36.0. The quantitative estimate of drug-likeness (QED) is 0.533. The Morgan fingerprint density at radius 3 is 2.21 bits per heavy atom. The number of hydrogen-bond donors (Lipinski definition) is 1. The van der Waals surface area contributed by atoms with E-state index in [1.54, 1.807) is 18.2 Å². The van der Waals surface area contributed by atoms with Crippen molar-refractivity contribution in [2.75, 3.05) is 0 Å². The molecular formula is C25H31FN2O6. The number of benzene rings is 1. The lowest BCUT2D eigenvalue weighted by Gasteiger charge is -2.36. The molecule has 2 saturated carbocycles. The van der Waals surface area contributed by atoms with Crippen LogP contribution in [0.25, 0.3) is 0 Å². The summed E-state index contributed by atoms with van der Waals surface area (Å²) in [6.45, 7) is 0. The lowest BCUT2D eigenvalue weighted by molar-refractivity contribution is -0.247. The van der Waals surface area contributed by atoms with Crippen LogP contribution < -0.4 is 5.43 Å². The Bertz CT molecular complexity index is 945. The van der Waals surface area contributed by atoms with E-state index < -0.39 is 54.0 Å². The highest BCUT2D eigenvalue weighted by molar-refractivity contribution is 5.85. The maximum atomic E-state index is 13.9. The standard InChI is InChI=1S/C25H31FN2O6/c26-17-10-4-3-9-16(17)15-27-28-22(29)20-18-19(32-24(31-18)11-5-1-6-12-24)21-23(30-20)34-25(33-21)13-7-2-8-14-25/h3-4,9-10,15,18-21,23H,1-2,5-8,11-14H2,(H,28,29)/t18-,19-,20+,21-,23+/m0/s1. The minimum Gasteiger partial charge on any atom is -0.341 e. The van der Waals surface area contributed by atoms with Crippen LogP contribution in [0.15, 0.2) is 29.4 Å². The van der Waals surface area contributed by atoms with Crippen molar-refractivity contribution in [1.29, 1.82) is 0 Å². The SMILES string of the molecule is O=C(NN=Cc1ccccc1F)[C@@H]1O[C@@H]2OC3(CCCCC3)O[C@H]2[C@H]2OC3(CCCCC3)O[C@@H]21. The molecule has 3 aliphatic heterocycles. The van der Waals surface area contributed by atoms with Gasteiger partial charge >= 0.3 is 0 Å². The maximum absolute atomic E-state index is 13.9. The number of amides is 1. The van der Waals surface area contributed by atoms with Crippen molar-refractivity contribution in [2.45, 2.75) is 106 Å². The maximum Gasteiger partial charge on any atom is 0.272 e. The summed E-state index contributed by atoms with van der Waals surface area (Å²) in [7, 11) is 0. The lowest BCUT2D eigenvalue weighted by Crippen LogP contribution is -2.59. The second-order valence-electron chi connectivity index (χ2n) is 9.99. The fraction of sp³-hybridized carbons (Fsp3) is 0.680. The van der Waals surface area contributed by atoms with Gasteiger partial charge in [-0.3, -0.25) is 4.79 Å².